The molecule has 2 aromatic rings. The molecule has 4 rings (SSSR count). The molecule has 0 spiro atoms. The monoisotopic (exact) mass is 407 g/mol. The number of carbonyl (C=O) groups excluding carboxylic acids is 4. The third kappa shape index (κ3) is 3.63. The van der Waals surface area contributed by atoms with Gasteiger partial charge in [-0.05, 0) is 41.8 Å². The minimum atomic E-state index is -0.665. The van der Waals surface area contributed by atoms with Crippen molar-refractivity contribution in [2.24, 2.45) is 0 Å². The van der Waals surface area contributed by atoms with Crippen molar-refractivity contribution in [3.05, 3.63) is 64.7 Å². The van der Waals surface area contributed by atoms with Crippen molar-refractivity contribution in [1.29, 1.82) is 0 Å². The summed E-state index contributed by atoms with van der Waals surface area (Å²) in [4.78, 5) is 50.5. The highest BCUT2D eigenvalue weighted by molar-refractivity contribution is 6.05. The summed E-state index contributed by atoms with van der Waals surface area (Å²) < 4.78 is 5.15. The van der Waals surface area contributed by atoms with Gasteiger partial charge in [-0.15, -0.1) is 0 Å². The number of ether oxygens (including phenoxy) is 1. The van der Waals surface area contributed by atoms with Crippen molar-refractivity contribution in [3.63, 3.8) is 0 Å². The first kappa shape index (κ1) is 19.6. The molecule has 1 unspecified atom stereocenters. The number of amides is 4. The summed E-state index contributed by atoms with van der Waals surface area (Å²) in [6.45, 7) is 0.515. The van der Waals surface area contributed by atoms with Crippen LogP contribution < -0.4 is 15.4 Å². The Morgan fingerprint density at radius 3 is 2.77 bits per heavy atom. The van der Waals surface area contributed by atoms with E-state index in [0.29, 0.717) is 23.3 Å². The van der Waals surface area contributed by atoms with E-state index >= 15 is 0 Å². The van der Waals surface area contributed by atoms with Crippen LogP contribution in [0.5, 0.6) is 5.75 Å². The SMILES string of the molecule is COc1cccc(C(=O)NCc2cccc3c2CN(C2CCC(=O)NC2=O)C3=O)c1. The van der Waals surface area contributed by atoms with E-state index in [1.165, 1.54) is 12.0 Å². The zero-order chi connectivity index (χ0) is 21.3. The minimum absolute atomic E-state index is 0.208. The number of nitrogens with one attached hydrogen (secondary N) is 2. The van der Waals surface area contributed by atoms with E-state index in [2.05, 4.69) is 10.6 Å². The molecule has 2 aliphatic heterocycles. The molecule has 0 saturated carbocycles. The maximum absolute atomic E-state index is 12.9. The third-order valence-electron chi connectivity index (χ3n) is 5.45. The largest absolute Gasteiger partial charge is 0.497 e. The second-order valence-electron chi connectivity index (χ2n) is 7.26. The number of hydrogen-bond acceptors (Lipinski definition) is 5. The van der Waals surface area contributed by atoms with Crippen LogP contribution in [-0.4, -0.2) is 41.7 Å². The first-order valence-electron chi connectivity index (χ1n) is 9.65. The van der Waals surface area contributed by atoms with Gasteiger partial charge in [-0.2, -0.15) is 0 Å². The molecule has 0 bridgehead atoms. The lowest BCUT2D eigenvalue weighted by Crippen LogP contribution is -2.52. The minimum Gasteiger partial charge on any atom is -0.497 e. The molecule has 154 valence electrons. The van der Waals surface area contributed by atoms with Crippen molar-refractivity contribution >= 4 is 23.6 Å². The first-order chi connectivity index (χ1) is 14.5. The van der Waals surface area contributed by atoms with E-state index in [-0.39, 0.29) is 37.2 Å². The molecule has 1 saturated heterocycles. The van der Waals surface area contributed by atoms with Crippen LogP contribution in [0.15, 0.2) is 42.5 Å². The Morgan fingerprint density at radius 1 is 1.20 bits per heavy atom. The fourth-order valence-corrected chi connectivity index (χ4v) is 3.86. The summed E-state index contributed by atoms with van der Waals surface area (Å²) in [5, 5.41) is 5.17. The first-order valence-corrected chi connectivity index (χ1v) is 9.65. The molecule has 0 aliphatic carbocycles. The lowest BCUT2D eigenvalue weighted by molar-refractivity contribution is -0.136. The molecule has 8 nitrogen and oxygen atoms in total. The standard InChI is InChI=1S/C22H21N3O5/c1-30-15-6-2-4-13(10-15)20(27)23-11-14-5-3-7-16-17(14)12-25(22(16)29)18-8-9-19(26)24-21(18)28/h2-7,10,18H,8-9,11-12H2,1H3,(H,23,27)(H,24,26,28). The van der Waals surface area contributed by atoms with E-state index in [1.54, 1.807) is 36.4 Å². The maximum Gasteiger partial charge on any atom is 0.255 e. The lowest BCUT2D eigenvalue weighted by Gasteiger charge is -2.29. The quantitative estimate of drug-likeness (QED) is 0.729. The number of rotatable bonds is 5. The second-order valence-corrected chi connectivity index (χ2v) is 7.26. The number of carbonyl (C=O) groups is 4. The topological polar surface area (TPSA) is 105 Å². The Hall–Kier alpha value is -3.68. The van der Waals surface area contributed by atoms with Crippen LogP contribution in [0.4, 0.5) is 0 Å². The van der Waals surface area contributed by atoms with Gasteiger partial charge in [-0.25, -0.2) is 0 Å². The predicted octanol–water partition coefficient (Wildman–Crippen LogP) is 1.39. The van der Waals surface area contributed by atoms with Crippen LogP contribution in [0.3, 0.4) is 0 Å². The number of fused-ring (bicyclic) bond motifs is 1. The van der Waals surface area contributed by atoms with Crippen LogP contribution in [0, 0.1) is 0 Å². The molecule has 8 heteroatoms. The Labute approximate surface area is 173 Å². The van der Waals surface area contributed by atoms with E-state index in [4.69, 9.17) is 4.74 Å². The molecule has 0 radical (unpaired) electrons. The summed E-state index contributed by atoms with van der Waals surface area (Å²) in [6.07, 6.45) is 0.520. The Kier molecular flexibility index (Phi) is 5.22. The summed E-state index contributed by atoms with van der Waals surface area (Å²) in [5.74, 6) is -0.659. The van der Waals surface area contributed by atoms with Gasteiger partial charge in [0.25, 0.3) is 11.8 Å². The third-order valence-corrected chi connectivity index (χ3v) is 5.45. The molecule has 2 aromatic carbocycles. The summed E-state index contributed by atoms with van der Waals surface area (Å²) in [5.41, 5.74) is 2.60. The van der Waals surface area contributed by atoms with Crippen molar-refractivity contribution in [2.75, 3.05) is 7.11 Å². The number of methoxy groups -OCH3 is 1. The molecule has 1 fully saturated rings. The van der Waals surface area contributed by atoms with Gasteiger partial charge in [0.2, 0.25) is 11.8 Å². The number of piperidine rings is 1. The average molecular weight is 407 g/mol. The van der Waals surface area contributed by atoms with Crippen LogP contribution in [0.1, 0.15) is 44.7 Å². The summed E-state index contributed by atoms with van der Waals surface area (Å²) in [6, 6.07) is 11.5. The molecule has 2 N–H and O–H groups in total. The summed E-state index contributed by atoms with van der Waals surface area (Å²) >= 11 is 0. The fourth-order valence-electron chi connectivity index (χ4n) is 3.86. The highest BCUT2D eigenvalue weighted by Gasteiger charge is 2.39. The molecule has 0 aromatic heterocycles. The van der Waals surface area contributed by atoms with Crippen LogP contribution in [0.25, 0.3) is 0 Å². The van der Waals surface area contributed by atoms with Crippen molar-refractivity contribution in [2.45, 2.75) is 32.0 Å². The molecule has 2 heterocycles. The van der Waals surface area contributed by atoms with E-state index < -0.39 is 11.9 Å². The van der Waals surface area contributed by atoms with Gasteiger partial charge in [0, 0.05) is 30.6 Å². The Balaban J connectivity index is 1.49. The van der Waals surface area contributed by atoms with Gasteiger partial charge in [-0.3, -0.25) is 24.5 Å². The molecular formula is C22H21N3O5. The van der Waals surface area contributed by atoms with E-state index in [9.17, 15) is 19.2 Å². The highest BCUT2D eigenvalue weighted by atomic mass is 16.5. The number of imide groups is 1. The van der Waals surface area contributed by atoms with Crippen LogP contribution in [0.2, 0.25) is 0 Å². The van der Waals surface area contributed by atoms with E-state index in [0.717, 1.165) is 11.1 Å². The normalized spacial score (nSPS) is 18.1. The molecule has 30 heavy (non-hydrogen) atoms. The van der Waals surface area contributed by atoms with Gasteiger partial charge >= 0.3 is 0 Å². The van der Waals surface area contributed by atoms with Gasteiger partial charge in [0.15, 0.2) is 0 Å². The van der Waals surface area contributed by atoms with Crippen LogP contribution in [-0.2, 0) is 22.7 Å². The second kappa shape index (κ2) is 7.98. The maximum atomic E-state index is 12.9. The van der Waals surface area contributed by atoms with E-state index in [1.807, 2.05) is 6.07 Å². The van der Waals surface area contributed by atoms with Crippen molar-refractivity contribution < 1.29 is 23.9 Å². The molecule has 1 atom stereocenters. The highest BCUT2D eigenvalue weighted by Crippen LogP contribution is 2.29. The average Bonchev–Trinajstić information content (AvgIpc) is 3.09. The van der Waals surface area contributed by atoms with Gasteiger partial charge in [0.1, 0.15) is 11.8 Å². The summed E-state index contributed by atoms with van der Waals surface area (Å²) in [7, 11) is 1.54. The predicted molar refractivity (Wildman–Crippen MR) is 107 cm³/mol. The van der Waals surface area contributed by atoms with Crippen LogP contribution >= 0.6 is 0 Å². The van der Waals surface area contributed by atoms with Gasteiger partial charge in [-0.1, -0.05) is 18.2 Å². The van der Waals surface area contributed by atoms with Gasteiger partial charge < -0.3 is 15.0 Å². The number of benzene rings is 2. The smallest absolute Gasteiger partial charge is 0.255 e. The number of nitrogens with zero attached hydrogens (tertiary/aromatic N) is 1. The zero-order valence-corrected chi connectivity index (χ0v) is 16.4. The Morgan fingerprint density at radius 2 is 2.00 bits per heavy atom. The Bertz CT molecular complexity index is 1050. The molecular weight excluding hydrogens is 386 g/mol. The zero-order valence-electron chi connectivity index (χ0n) is 16.4. The molecule has 2 aliphatic rings. The van der Waals surface area contributed by atoms with Gasteiger partial charge in [0.05, 0.1) is 7.11 Å². The van der Waals surface area contributed by atoms with Crippen molar-refractivity contribution in [1.82, 2.24) is 15.5 Å². The fraction of sp³-hybridized carbons (Fsp3) is 0.273. The van der Waals surface area contributed by atoms with Crippen molar-refractivity contribution in [3.8, 4) is 5.75 Å². The molecule has 4 amide bonds. The lowest BCUT2D eigenvalue weighted by atomic mass is 10.0. The number of hydrogen-bond donors (Lipinski definition) is 2.